The number of anilines is 1. The van der Waals surface area contributed by atoms with Gasteiger partial charge in [-0.25, -0.2) is 0 Å². The molecule has 21 heavy (non-hydrogen) atoms. The van der Waals surface area contributed by atoms with Crippen LogP contribution >= 0.6 is 0 Å². The van der Waals surface area contributed by atoms with Crippen molar-refractivity contribution >= 4 is 17.5 Å². The highest BCUT2D eigenvalue weighted by atomic mass is 16.5. The fourth-order valence-corrected chi connectivity index (χ4v) is 2.51. The Labute approximate surface area is 122 Å². The molecule has 2 heterocycles. The van der Waals surface area contributed by atoms with E-state index in [1.165, 1.54) is 0 Å². The standard InChI is InChI=1S/C15H18N2O4/c18-14-9-21-12-4-3-10(8-11(12)17-14)5-6-16-15(19)13-2-1-7-20-13/h3-4,8,13H,1-2,5-7,9H2,(H,16,19)(H,17,18). The maximum Gasteiger partial charge on any atom is 0.262 e. The third-order valence-electron chi connectivity index (χ3n) is 3.61. The van der Waals surface area contributed by atoms with Crippen LogP contribution in [0.25, 0.3) is 0 Å². The first-order chi connectivity index (χ1) is 10.2. The van der Waals surface area contributed by atoms with Gasteiger partial charge in [-0.2, -0.15) is 0 Å². The van der Waals surface area contributed by atoms with Gasteiger partial charge in [-0.05, 0) is 37.0 Å². The molecular formula is C15H18N2O4. The summed E-state index contributed by atoms with van der Waals surface area (Å²) in [6.07, 6.45) is 2.15. The van der Waals surface area contributed by atoms with E-state index in [-0.39, 0.29) is 24.5 Å². The van der Waals surface area contributed by atoms with Gasteiger partial charge in [0.1, 0.15) is 11.9 Å². The van der Waals surface area contributed by atoms with Crippen molar-refractivity contribution in [2.45, 2.75) is 25.4 Å². The lowest BCUT2D eigenvalue weighted by atomic mass is 10.1. The molecule has 0 bridgehead atoms. The van der Waals surface area contributed by atoms with Crippen LogP contribution < -0.4 is 15.4 Å². The summed E-state index contributed by atoms with van der Waals surface area (Å²) in [6, 6.07) is 5.66. The van der Waals surface area contributed by atoms with Crippen LogP contribution in [0.1, 0.15) is 18.4 Å². The summed E-state index contributed by atoms with van der Waals surface area (Å²) in [5.74, 6) is 0.496. The topological polar surface area (TPSA) is 76.7 Å². The molecule has 1 fully saturated rings. The Bertz CT molecular complexity index is 553. The van der Waals surface area contributed by atoms with Crippen molar-refractivity contribution in [3.8, 4) is 5.75 Å². The zero-order chi connectivity index (χ0) is 14.7. The average molecular weight is 290 g/mol. The van der Waals surface area contributed by atoms with E-state index in [4.69, 9.17) is 9.47 Å². The fraction of sp³-hybridized carbons (Fsp3) is 0.467. The number of benzene rings is 1. The summed E-state index contributed by atoms with van der Waals surface area (Å²) in [7, 11) is 0. The Morgan fingerprint density at radius 3 is 3.14 bits per heavy atom. The Hall–Kier alpha value is -2.08. The van der Waals surface area contributed by atoms with Gasteiger partial charge in [-0.3, -0.25) is 9.59 Å². The van der Waals surface area contributed by atoms with Crippen LogP contribution in [0.15, 0.2) is 18.2 Å². The van der Waals surface area contributed by atoms with E-state index in [9.17, 15) is 9.59 Å². The minimum absolute atomic E-state index is 0.0397. The molecule has 2 amide bonds. The molecule has 1 aromatic rings. The Balaban J connectivity index is 1.52. The lowest BCUT2D eigenvalue weighted by Gasteiger charge is -2.18. The Morgan fingerprint density at radius 2 is 2.33 bits per heavy atom. The van der Waals surface area contributed by atoms with Crippen molar-refractivity contribution in [1.82, 2.24) is 5.32 Å². The highest BCUT2D eigenvalue weighted by molar-refractivity contribution is 5.95. The van der Waals surface area contributed by atoms with E-state index in [0.29, 0.717) is 31.0 Å². The summed E-state index contributed by atoms with van der Waals surface area (Å²) in [5.41, 5.74) is 1.72. The van der Waals surface area contributed by atoms with E-state index >= 15 is 0 Å². The zero-order valence-corrected chi connectivity index (χ0v) is 11.7. The maximum atomic E-state index is 11.8. The number of nitrogens with one attached hydrogen (secondary N) is 2. The Morgan fingerprint density at radius 1 is 1.43 bits per heavy atom. The summed E-state index contributed by atoms with van der Waals surface area (Å²) in [6.45, 7) is 1.28. The van der Waals surface area contributed by atoms with Crippen LogP contribution in [0.3, 0.4) is 0 Å². The lowest BCUT2D eigenvalue weighted by molar-refractivity contribution is -0.130. The molecule has 1 aromatic carbocycles. The van der Waals surface area contributed by atoms with Gasteiger partial charge in [0, 0.05) is 13.2 Å². The molecule has 2 N–H and O–H groups in total. The molecule has 0 aliphatic carbocycles. The van der Waals surface area contributed by atoms with Crippen molar-refractivity contribution in [3.05, 3.63) is 23.8 Å². The quantitative estimate of drug-likeness (QED) is 0.862. The van der Waals surface area contributed by atoms with Crippen LogP contribution in [-0.2, 0) is 20.7 Å². The van der Waals surface area contributed by atoms with E-state index in [1.807, 2.05) is 18.2 Å². The smallest absolute Gasteiger partial charge is 0.262 e. The normalized spacial score (nSPS) is 20.4. The lowest BCUT2D eigenvalue weighted by Crippen LogP contribution is -2.35. The highest BCUT2D eigenvalue weighted by Crippen LogP contribution is 2.28. The largest absolute Gasteiger partial charge is 0.482 e. The third kappa shape index (κ3) is 3.33. The average Bonchev–Trinajstić information content (AvgIpc) is 3.01. The Kier molecular flexibility index (Phi) is 4.06. The molecule has 0 radical (unpaired) electrons. The van der Waals surface area contributed by atoms with Gasteiger partial charge in [0.15, 0.2) is 6.61 Å². The number of hydrogen-bond donors (Lipinski definition) is 2. The monoisotopic (exact) mass is 290 g/mol. The molecule has 0 saturated carbocycles. The molecule has 112 valence electrons. The second-order valence-electron chi connectivity index (χ2n) is 5.21. The maximum absolute atomic E-state index is 11.8. The molecule has 6 heteroatoms. The predicted octanol–water partition coefficient (Wildman–Crippen LogP) is 0.855. The van der Waals surface area contributed by atoms with E-state index < -0.39 is 0 Å². The fourth-order valence-electron chi connectivity index (χ4n) is 2.51. The summed E-state index contributed by atoms with van der Waals surface area (Å²) in [5, 5.41) is 5.65. The van der Waals surface area contributed by atoms with Crippen LogP contribution in [0.4, 0.5) is 5.69 Å². The van der Waals surface area contributed by atoms with E-state index in [0.717, 1.165) is 18.4 Å². The molecule has 1 atom stereocenters. The number of carbonyl (C=O) groups is 2. The number of fused-ring (bicyclic) bond motifs is 1. The highest BCUT2D eigenvalue weighted by Gasteiger charge is 2.23. The number of ether oxygens (including phenoxy) is 2. The molecule has 3 rings (SSSR count). The molecule has 6 nitrogen and oxygen atoms in total. The number of amides is 2. The molecule has 0 spiro atoms. The van der Waals surface area contributed by atoms with Crippen LogP contribution in [0, 0.1) is 0 Å². The van der Waals surface area contributed by atoms with Crippen LogP contribution in [-0.4, -0.2) is 37.7 Å². The first-order valence-corrected chi connectivity index (χ1v) is 7.17. The molecule has 1 saturated heterocycles. The van der Waals surface area contributed by atoms with Crippen molar-refractivity contribution in [2.75, 3.05) is 25.1 Å². The van der Waals surface area contributed by atoms with Gasteiger partial charge >= 0.3 is 0 Å². The summed E-state index contributed by atoms with van der Waals surface area (Å²) in [4.78, 5) is 23.1. The minimum atomic E-state index is -0.291. The van der Waals surface area contributed by atoms with Crippen molar-refractivity contribution < 1.29 is 19.1 Å². The van der Waals surface area contributed by atoms with Gasteiger partial charge < -0.3 is 20.1 Å². The summed E-state index contributed by atoms with van der Waals surface area (Å²) < 4.78 is 10.6. The molecular weight excluding hydrogens is 272 g/mol. The second kappa shape index (κ2) is 6.13. The van der Waals surface area contributed by atoms with Gasteiger partial charge in [0.05, 0.1) is 5.69 Å². The first kappa shape index (κ1) is 13.9. The van der Waals surface area contributed by atoms with E-state index in [1.54, 1.807) is 0 Å². The summed E-state index contributed by atoms with van der Waals surface area (Å²) >= 11 is 0. The van der Waals surface area contributed by atoms with Gasteiger partial charge in [0.2, 0.25) is 5.91 Å². The SMILES string of the molecule is O=C1COc2ccc(CCNC(=O)C3CCCO3)cc2N1. The molecule has 2 aliphatic heterocycles. The first-order valence-electron chi connectivity index (χ1n) is 7.17. The molecule has 1 unspecified atom stereocenters. The third-order valence-corrected chi connectivity index (χ3v) is 3.61. The zero-order valence-electron chi connectivity index (χ0n) is 11.7. The van der Waals surface area contributed by atoms with Gasteiger partial charge in [-0.15, -0.1) is 0 Å². The van der Waals surface area contributed by atoms with Crippen molar-refractivity contribution in [2.24, 2.45) is 0 Å². The van der Waals surface area contributed by atoms with E-state index in [2.05, 4.69) is 10.6 Å². The van der Waals surface area contributed by atoms with Crippen molar-refractivity contribution in [1.29, 1.82) is 0 Å². The predicted molar refractivity (Wildman–Crippen MR) is 76.3 cm³/mol. The molecule has 2 aliphatic rings. The van der Waals surface area contributed by atoms with Crippen LogP contribution in [0.2, 0.25) is 0 Å². The molecule has 0 aromatic heterocycles. The van der Waals surface area contributed by atoms with Crippen molar-refractivity contribution in [3.63, 3.8) is 0 Å². The minimum Gasteiger partial charge on any atom is -0.482 e. The van der Waals surface area contributed by atoms with Gasteiger partial charge in [0.25, 0.3) is 5.91 Å². The number of hydrogen-bond acceptors (Lipinski definition) is 4. The van der Waals surface area contributed by atoms with Crippen LogP contribution in [0.5, 0.6) is 5.75 Å². The van der Waals surface area contributed by atoms with Gasteiger partial charge in [-0.1, -0.05) is 6.07 Å². The number of carbonyl (C=O) groups excluding carboxylic acids is 2. The number of rotatable bonds is 4. The second-order valence-corrected chi connectivity index (χ2v) is 5.21.